The molecule has 1 saturated heterocycles. The van der Waals surface area contributed by atoms with E-state index in [1.807, 2.05) is 24.3 Å². The molecule has 2 fully saturated rings. The van der Waals surface area contributed by atoms with E-state index >= 15 is 0 Å². The van der Waals surface area contributed by atoms with Crippen molar-refractivity contribution in [2.24, 2.45) is 11.8 Å². The third-order valence-electron chi connectivity index (χ3n) is 4.26. The zero-order valence-electron chi connectivity index (χ0n) is 10.6. The predicted octanol–water partition coefficient (Wildman–Crippen LogP) is -0.859. The monoisotopic (exact) mass is 319 g/mol. The second kappa shape index (κ2) is 5.56. The topological polar surface area (TPSA) is 26.3 Å². The van der Waals surface area contributed by atoms with Gasteiger partial charge in [-0.15, -0.1) is 0 Å². The normalized spacial score (nSPS) is 35.3. The van der Waals surface area contributed by atoms with Gasteiger partial charge in [0.2, 0.25) is 0 Å². The Morgan fingerprint density at radius 3 is 2.44 bits per heavy atom. The first-order valence-electron chi connectivity index (χ1n) is 6.07. The molecular formula is C13H16BrLiNOP. The average molecular weight is 320 g/mol. The average Bonchev–Trinajstić information content (AvgIpc) is 2.50. The van der Waals surface area contributed by atoms with E-state index in [0.717, 1.165) is 36.0 Å². The predicted molar refractivity (Wildman–Crippen MR) is 73.3 cm³/mol. The summed E-state index contributed by atoms with van der Waals surface area (Å²) in [5.41, 5.74) is 0.106. The molecule has 3 unspecified atom stereocenters. The summed E-state index contributed by atoms with van der Waals surface area (Å²) in [6.45, 7) is 1.83. The molecule has 0 spiro atoms. The molecule has 0 amide bonds. The van der Waals surface area contributed by atoms with Gasteiger partial charge in [0, 0.05) is 17.6 Å². The van der Waals surface area contributed by atoms with Crippen molar-refractivity contribution in [3.63, 3.8) is 0 Å². The van der Waals surface area contributed by atoms with Crippen LogP contribution in [0.15, 0.2) is 28.7 Å². The Hall–Kier alpha value is 0.647. The number of piperidine rings is 1. The van der Waals surface area contributed by atoms with Gasteiger partial charge < -0.3 is 5.11 Å². The molecule has 1 heterocycles. The van der Waals surface area contributed by atoms with Crippen molar-refractivity contribution in [2.45, 2.75) is 18.4 Å². The van der Waals surface area contributed by atoms with Gasteiger partial charge in [-0.25, -0.2) is 0 Å². The van der Waals surface area contributed by atoms with Crippen molar-refractivity contribution in [1.29, 1.82) is 0 Å². The molecule has 1 aliphatic heterocycles. The number of rotatable bonds is 1. The van der Waals surface area contributed by atoms with E-state index in [-0.39, 0.29) is 30.7 Å². The summed E-state index contributed by atoms with van der Waals surface area (Å²) < 4.78 is 3.24. The minimum absolute atomic E-state index is 0. The van der Waals surface area contributed by atoms with Crippen molar-refractivity contribution in [1.82, 2.24) is 4.67 Å². The summed E-state index contributed by atoms with van der Waals surface area (Å²) >= 11 is 3.47. The Kier molecular flexibility index (Phi) is 4.65. The van der Waals surface area contributed by atoms with Crippen molar-refractivity contribution >= 4 is 25.3 Å². The molecule has 1 aromatic rings. The fourth-order valence-corrected chi connectivity index (χ4v) is 4.37. The molecule has 92 valence electrons. The SMILES string of the molecule is [Li+].[O-]C1(c2cccc(Br)c2)C2CCC1CN(P)C2. The number of hydrogen-bond donors (Lipinski definition) is 0. The molecule has 2 bridgehead atoms. The standard InChI is InChI=1S/C13H16BrNOP.Li/c14-12-3-1-2-9(6-12)13(16)10-4-5-11(13)8-15(17)7-10;/h1-3,6,10-11H,4-5,7-8,17H2;/q-1;+1. The van der Waals surface area contributed by atoms with Gasteiger partial charge in [0.15, 0.2) is 0 Å². The van der Waals surface area contributed by atoms with Crippen molar-refractivity contribution < 1.29 is 24.0 Å². The minimum Gasteiger partial charge on any atom is -0.846 e. The molecule has 18 heavy (non-hydrogen) atoms. The van der Waals surface area contributed by atoms with E-state index < -0.39 is 5.60 Å². The fourth-order valence-electron chi connectivity index (χ4n) is 3.46. The van der Waals surface area contributed by atoms with Crippen LogP contribution in [-0.4, -0.2) is 17.8 Å². The van der Waals surface area contributed by atoms with Crippen LogP contribution < -0.4 is 24.0 Å². The fraction of sp³-hybridized carbons (Fsp3) is 0.538. The summed E-state index contributed by atoms with van der Waals surface area (Å²) in [5, 5.41) is 13.3. The molecule has 3 rings (SSSR count). The largest absolute Gasteiger partial charge is 1.00 e. The van der Waals surface area contributed by atoms with Crippen LogP contribution in [0.1, 0.15) is 18.4 Å². The zero-order chi connectivity index (χ0) is 12.0. The van der Waals surface area contributed by atoms with Crippen molar-refractivity contribution in [3.05, 3.63) is 34.3 Å². The first kappa shape index (κ1) is 15.0. The Balaban J connectivity index is 0.00000120. The maximum Gasteiger partial charge on any atom is 1.00 e. The van der Waals surface area contributed by atoms with Gasteiger partial charge in [-0.05, 0) is 36.8 Å². The van der Waals surface area contributed by atoms with Crippen LogP contribution >= 0.6 is 25.3 Å². The Morgan fingerprint density at radius 2 is 1.89 bits per heavy atom. The minimum atomic E-state index is -0.864. The third-order valence-corrected chi connectivity index (χ3v) is 5.18. The van der Waals surface area contributed by atoms with Gasteiger partial charge in [-0.3, -0.25) is 4.67 Å². The number of halogens is 1. The van der Waals surface area contributed by atoms with Gasteiger partial charge in [0.1, 0.15) is 0 Å². The summed E-state index contributed by atoms with van der Waals surface area (Å²) in [7, 11) is 2.75. The Morgan fingerprint density at radius 1 is 1.28 bits per heavy atom. The van der Waals surface area contributed by atoms with Crippen molar-refractivity contribution in [2.75, 3.05) is 13.1 Å². The van der Waals surface area contributed by atoms with Crippen LogP contribution in [0.5, 0.6) is 0 Å². The van der Waals surface area contributed by atoms with Gasteiger partial charge in [-0.2, -0.15) is 0 Å². The van der Waals surface area contributed by atoms with Crippen LogP contribution in [0.2, 0.25) is 0 Å². The van der Waals surface area contributed by atoms with Crippen LogP contribution in [0.25, 0.3) is 0 Å². The van der Waals surface area contributed by atoms with Crippen LogP contribution in [0, 0.1) is 11.8 Å². The molecule has 1 aliphatic carbocycles. The van der Waals surface area contributed by atoms with Gasteiger partial charge in [0.05, 0.1) is 0 Å². The molecule has 2 nitrogen and oxygen atoms in total. The molecular weight excluding hydrogens is 304 g/mol. The van der Waals surface area contributed by atoms with E-state index in [0.29, 0.717) is 0 Å². The van der Waals surface area contributed by atoms with E-state index in [1.54, 1.807) is 0 Å². The van der Waals surface area contributed by atoms with Crippen LogP contribution in [0.4, 0.5) is 0 Å². The first-order valence-corrected chi connectivity index (χ1v) is 7.37. The maximum atomic E-state index is 13.3. The summed E-state index contributed by atoms with van der Waals surface area (Å²) in [4.78, 5) is 0. The summed E-state index contributed by atoms with van der Waals surface area (Å²) in [5.74, 6) is 0.515. The number of benzene rings is 1. The van der Waals surface area contributed by atoms with E-state index in [4.69, 9.17) is 0 Å². The number of nitrogens with zero attached hydrogens (tertiary/aromatic N) is 1. The molecule has 0 radical (unpaired) electrons. The Bertz CT molecular complexity index is 431. The molecule has 2 aliphatic rings. The van der Waals surface area contributed by atoms with Gasteiger partial charge >= 0.3 is 18.9 Å². The second-order valence-electron chi connectivity index (χ2n) is 5.23. The molecule has 1 aromatic carbocycles. The summed E-state index contributed by atoms with van der Waals surface area (Å²) in [6.07, 6.45) is 2.15. The Labute approximate surface area is 131 Å². The third kappa shape index (κ3) is 2.35. The maximum absolute atomic E-state index is 13.3. The smallest absolute Gasteiger partial charge is 0.846 e. The van der Waals surface area contributed by atoms with E-state index in [2.05, 4.69) is 30.0 Å². The second-order valence-corrected chi connectivity index (χ2v) is 6.87. The van der Waals surface area contributed by atoms with Crippen LogP contribution in [-0.2, 0) is 5.60 Å². The first-order chi connectivity index (χ1) is 8.10. The quantitative estimate of drug-likeness (QED) is 0.497. The number of fused-ring (bicyclic) bond motifs is 2. The van der Waals surface area contributed by atoms with E-state index in [1.165, 1.54) is 0 Å². The molecule has 0 N–H and O–H groups in total. The molecule has 5 heteroatoms. The molecule has 0 aromatic heterocycles. The van der Waals surface area contributed by atoms with E-state index in [9.17, 15) is 5.11 Å². The van der Waals surface area contributed by atoms with Crippen molar-refractivity contribution in [3.8, 4) is 0 Å². The molecule has 1 saturated carbocycles. The molecule has 3 atom stereocenters. The zero-order valence-corrected chi connectivity index (χ0v) is 13.3. The van der Waals surface area contributed by atoms with Gasteiger partial charge in [-0.1, -0.05) is 48.6 Å². The van der Waals surface area contributed by atoms with Gasteiger partial charge in [0.25, 0.3) is 0 Å². The van der Waals surface area contributed by atoms with Crippen LogP contribution in [0.3, 0.4) is 0 Å². The summed E-state index contributed by atoms with van der Waals surface area (Å²) in [6, 6.07) is 7.98. The number of hydrogen-bond acceptors (Lipinski definition) is 2.